The summed E-state index contributed by atoms with van der Waals surface area (Å²) in [6.07, 6.45) is 5.54. The molecule has 5 heteroatoms. The Bertz CT molecular complexity index is 822. The second kappa shape index (κ2) is 7.66. The van der Waals surface area contributed by atoms with Gasteiger partial charge in [0.15, 0.2) is 6.10 Å². The van der Waals surface area contributed by atoms with E-state index in [1.807, 2.05) is 30.5 Å². The Hall–Kier alpha value is -2.40. The number of thiophene rings is 1. The number of hydrogen-bond acceptors (Lipinski definition) is 4. The predicted octanol–water partition coefficient (Wildman–Crippen LogP) is 4.13. The van der Waals surface area contributed by atoms with E-state index in [0.717, 1.165) is 35.4 Å². The molecule has 0 aliphatic heterocycles. The fourth-order valence-electron chi connectivity index (χ4n) is 2.86. The number of fused-ring (bicyclic) bond motifs is 1. The Morgan fingerprint density at radius 3 is 2.80 bits per heavy atom. The molecule has 1 aliphatic rings. The minimum absolute atomic E-state index is 0.327. The fourth-order valence-corrected chi connectivity index (χ4v) is 3.68. The van der Waals surface area contributed by atoms with Gasteiger partial charge >= 0.3 is 5.97 Å². The third-order valence-electron chi connectivity index (χ3n) is 4.30. The summed E-state index contributed by atoms with van der Waals surface area (Å²) in [5, 5.41) is 4.78. The molecule has 1 heterocycles. The quantitative estimate of drug-likeness (QED) is 0.648. The molecule has 1 N–H and O–H groups in total. The van der Waals surface area contributed by atoms with Crippen molar-refractivity contribution in [1.29, 1.82) is 0 Å². The van der Waals surface area contributed by atoms with E-state index in [2.05, 4.69) is 11.4 Å². The van der Waals surface area contributed by atoms with E-state index in [-0.39, 0.29) is 5.91 Å². The van der Waals surface area contributed by atoms with Crippen molar-refractivity contribution in [3.63, 3.8) is 0 Å². The van der Waals surface area contributed by atoms with Crippen LogP contribution in [0.4, 0.5) is 5.69 Å². The molecular weight excluding hydrogens is 334 g/mol. The van der Waals surface area contributed by atoms with Crippen LogP contribution in [0.2, 0.25) is 0 Å². The van der Waals surface area contributed by atoms with Crippen molar-refractivity contribution in [3.8, 4) is 0 Å². The number of anilines is 1. The lowest BCUT2D eigenvalue weighted by Crippen LogP contribution is -2.29. The van der Waals surface area contributed by atoms with Crippen molar-refractivity contribution in [1.82, 2.24) is 0 Å². The van der Waals surface area contributed by atoms with Crippen LogP contribution in [-0.2, 0) is 27.2 Å². The van der Waals surface area contributed by atoms with Crippen LogP contribution in [0.1, 0.15) is 34.9 Å². The third kappa shape index (κ3) is 4.37. The number of rotatable bonds is 5. The van der Waals surface area contributed by atoms with Crippen molar-refractivity contribution in [2.45, 2.75) is 39.2 Å². The van der Waals surface area contributed by atoms with Gasteiger partial charge in [-0.2, -0.15) is 0 Å². The van der Waals surface area contributed by atoms with Gasteiger partial charge < -0.3 is 10.1 Å². The topological polar surface area (TPSA) is 55.4 Å². The maximum absolute atomic E-state index is 12.2. The van der Waals surface area contributed by atoms with Gasteiger partial charge in [-0.3, -0.25) is 4.79 Å². The first-order chi connectivity index (χ1) is 12.0. The first kappa shape index (κ1) is 17.4. The second-order valence-corrected chi connectivity index (χ2v) is 7.15. The Morgan fingerprint density at radius 1 is 1.24 bits per heavy atom. The number of ether oxygens (including phenoxy) is 1. The van der Waals surface area contributed by atoms with Crippen LogP contribution < -0.4 is 5.32 Å². The summed E-state index contributed by atoms with van der Waals surface area (Å²) in [4.78, 5) is 25.1. The molecule has 0 unspecified atom stereocenters. The van der Waals surface area contributed by atoms with Gasteiger partial charge in [0.1, 0.15) is 0 Å². The van der Waals surface area contributed by atoms with Crippen LogP contribution in [0.15, 0.2) is 35.7 Å². The fraction of sp³-hybridized carbons (Fsp3) is 0.300. The van der Waals surface area contributed by atoms with Crippen molar-refractivity contribution >= 4 is 35.0 Å². The van der Waals surface area contributed by atoms with E-state index < -0.39 is 12.1 Å². The van der Waals surface area contributed by atoms with Crippen LogP contribution >= 0.6 is 11.3 Å². The molecular formula is C20H21NO3S. The van der Waals surface area contributed by atoms with Gasteiger partial charge in [-0.15, -0.1) is 11.3 Å². The molecule has 0 radical (unpaired) electrons. The molecule has 0 bridgehead atoms. The average Bonchev–Trinajstić information content (AvgIpc) is 3.21. The van der Waals surface area contributed by atoms with E-state index in [4.69, 9.17) is 4.74 Å². The number of aryl methyl sites for hydroxylation is 3. The number of hydrogen-bond donors (Lipinski definition) is 1. The zero-order valence-corrected chi connectivity index (χ0v) is 15.2. The van der Waals surface area contributed by atoms with Crippen LogP contribution in [0, 0.1) is 6.92 Å². The molecule has 0 fully saturated rings. The summed E-state index contributed by atoms with van der Waals surface area (Å²) in [6.45, 7) is 3.55. The van der Waals surface area contributed by atoms with Crippen LogP contribution in [0.3, 0.4) is 0 Å². The largest absolute Gasteiger partial charge is 0.449 e. The lowest BCUT2D eigenvalue weighted by Gasteiger charge is -2.13. The first-order valence-corrected chi connectivity index (χ1v) is 9.26. The Labute approximate surface area is 151 Å². The molecule has 0 saturated heterocycles. The highest BCUT2D eigenvalue weighted by atomic mass is 32.1. The highest BCUT2D eigenvalue weighted by Gasteiger charge is 2.18. The summed E-state index contributed by atoms with van der Waals surface area (Å²) in [6, 6.07) is 7.95. The van der Waals surface area contributed by atoms with E-state index in [9.17, 15) is 9.59 Å². The zero-order valence-electron chi connectivity index (χ0n) is 14.4. The molecule has 25 heavy (non-hydrogen) atoms. The van der Waals surface area contributed by atoms with Gasteiger partial charge in [0.05, 0.1) is 0 Å². The molecule has 1 atom stereocenters. The highest BCUT2D eigenvalue weighted by Crippen LogP contribution is 2.25. The summed E-state index contributed by atoms with van der Waals surface area (Å²) in [5.41, 5.74) is 4.50. The van der Waals surface area contributed by atoms with E-state index in [1.165, 1.54) is 17.2 Å². The van der Waals surface area contributed by atoms with E-state index in [1.54, 1.807) is 24.3 Å². The van der Waals surface area contributed by atoms with Crippen LogP contribution in [0.25, 0.3) is 6.08 Å². The lowest BCUT2D eigenvalue weighted by atomic mass is 10.1. The van der Waals surface area contributed by atoms with Crippen molar-refractivity contribution in [2.24, 2.45) is 0 Å². The van der Waals surface area contributed by atoms with E-state index in [0.29, 0.717) is 0 Å². The second-order valence-electron chi connectivity index (χ2n) is 6.21. The van der Waals surface area contributed by atoms with Crippen molar-refractivity contribution < 1.29 is 14.3 Å². The van der Waals surface area contributed by atoms with Gasteiger partial charge in [-0.25, -0.2) is 4.79 Å². The predicted molar refractivity (Wildman–Crippen MR) is 101 cm³/mol. The molecule has 2 aromatic rings. The molecule has 1 aromatic carbocycles. The van der Waals surface area contributed by atoms with Gasteiger partial charge in [-0.05, 0) is 79.5 Å². The minimum Gasteiger partial charge on any atom is -0.449 e. The Balaban J connectivity index is 1.54. The monoisotopic (exact) mass is 355 g/mol. The number of amides is 1. The molecule has 0 saturated carbocycles. The number of carbonyl (C=O) groups excluding carboxylic acids is 2. The van der Waals surface area contributed by atoms with Gasteiger partial charge in [0, 0.05) is 16.6 Å². The standard InChI is InChI=1S/C20H21NO3S/c1-13-10-11-25-18(13)8-9-19(22)24-14(2)20(23)21-17-7-6-15-4-3-5-16(15)12-17/h6-12,14H,3-5H2,1-2H3,(H,21,23)/b9-8+/t14-/m0/s1. The molecule has 1 amide bonds. The Morgan fingerprint density at radius 2 is 2.04 bits per heavy atom. The summed E-state index contributed by atoms with van der Waals surface area (Å²) in [5.74, 6) is -0.851. The van der Waals surface area contributed by atoms with Crippen molar-refractivity contribution in [2.75, 3.05) is 5.32 Å². The number of carbonyl (C=O) groups is 2. The maximum atomic E-state index is 12.2. The van der Waals surface area contributed by atoms with Gasteiger partial charge in [0.25, 0.3) is 5.91 Å². The maximum Gasteiger partial charge on any atom is 0.331 e. The molecule has 1 aromatic heterocycles. The summed E-state index contributed by atoms with van der Waals surface area (Å²) >= 11 is 1.55. The molecule has 1 aliphatic carbocycles. The van der Waals surface area contributed by atoms with E-state index >= 15 is 0 Å². The molecule has 0 spiro atoms. The van der Waals surface area contributed by atoms with Gasteiger partial charge in [0.2, 0.25) is 0 Å². The van der Waals surface area contributed by atoms with Crippen LogP contribution in [-0.4, -0.2) is 18.0 Å². The number of benzene rings is 1. The zero-order chi connectivity index (χ0) is 17.8. The molecule has 3 rings (SSSR count). The van der Waals surface area contributed by atoms with Crippen molar-refractivity contribution in [3.05, 3.63) is 57.3 Å². The summed E-state index contributed by atoms with van der Waals surface area (Å²) < 4.78 is 5.18. The SMILES string of the molecule is Cc1ccsc1/C=C/C(=O)O[C@@H](C)C(=O)Nc1ccc2c(c1)CCC2. The summed E-state index contributed by atoms with van der Waals surface area (Å²) in [7, 11) is 0. The first-order valence-electron chi connectivity index (χ1n) is 8.38. The van der Waals surface area contributed by atoms with Gasteiger partial charge in [-0.1, -0.05) is 6.07 Å². The molecule has 4 nitrogen and oxygen atoms in total. The third-order valence-corrected chi connectivity index (χ3v) is 5.28. The number of nitrogens with one attached hydrogen (secondary N) is 1. The Kier molecular flexibility index (Phi) is 5.34. The normalized spacial score (nSPS) is 14.3. The molecule has 130 valence electrons. The van der Waals surface area contributed by atoms with Crippen LogP contribution in [0.5, 0.6) is 0 Å². The average molecular weight is 355 g/mol. The number of esters is 1. The smallest absolute Gasteiger partial charge is 0.331 e. The minimum atomic E-state index is -0.852. The lowest BCUT2D eigenvalue weighted by molar-refractivity contribution is -0.148. The highest BCUT2D eigenvalue weighted by molar-refractivity contribution is 7.11.